The molecule has 0 aliphatic carbocycles. The van der Waals surface area contributed by atoms with E-state index >= 15 is 0 Å². The lowest BCUT2D eigenvalue weighted by Gasteiger charge is -2.05. The van der Waals surface area contributed by atoms with E-state index in [9.17, 15) is 18.0 Å². The zero-order chi connectivity index (χ0) is 20.1. The number of amides is 1. The molecule has 28 heavy (non-hydrogen) atoms. The van der Waals surface area contributed by atoms with Gasteiger partial charge in [0.1, 0.15) is 11.3 Å². The second kappa shape index (κ2) is 8.09. The predicted molar refractivity (Wildman–Crippen MR) is 97.8 cm³/mol. The molecule has 1 N–H and O–H groups in total. The molecular weight excluding hydrogens is 371 g/mol. The monoisotopic (exact) mass is 387 g/mol. The molecule has 0 spiro atoms. The first-order valence-electron chi connectivity index (χ1n) is 8.34. The highest BCUT2D eigenvalue weighted by Gasteiger charge is 2.30. The number of furan rings is 1. The number of rotatable bonds is 4. The molecule has 0 atom stereocenters. The molecule has 0 saturated heterocycles. The number of fused-ring (bicyclic) bond motifs is 1. The quantitative estimate of drug-likeness (QED) is 0.684. The molecule has 3 aromatic rings. The first-order chi connectivity index (χ1) is 13.4. The van der Waals surface area contributed by atoms with Gasteiger partial charge in [-0.2, -0.15) is 13.2 Å². The van der Waals surface area contributed by atoms with Crippen molar-refractivity contribution in [3.8, 4) is 17.6 Å². The topological polar surface area (TPSA) is 51.5 Å². The summed E-state index contributed by atoms with van der Waals surface area (Å²) in [7, 11) is 1.55. The largest absolute Gasteiger partial charge is 0.497 e. The van der Waals surface area contributed by atoms with Crippen molar-refractivity contribution in [2.24, 2.45) is 0 Å². The maximum Gasteiger partial charge on any atom is 0.416 e. The van der Waals surface area contributed by atoms with Crippen molar-refractivity contribution in [1.29, 1.82) is 0 Å². The molecule has 0 aliphatic heterocycles. The minimum absolute atomic E-state index is 0.0265. The maximum absolute atomic E-state index is 12.7. The van der Waals surface area contributed by atoms with E-state index in [1.54, 1.807) is 19.2 Å². The zero-order valence-electron chi connectivity index (χ0n) is 14.9. The molecule has 0 aliphatic rings. The van der Waals surface area contributed by atoms with Crippen LogP contribution in [-0.2, 0) is 17.4 Å². The molecule has 144 valence electrons. The summed E-state index contributed by atoms with van der Waals surface area (Å²) in [6.07, 6.45) is -2.80. The summed E-state index contributed by atoms with van der Waals surface area (Å²) >= 11 is 0. The van der Waals surface area contributed by atoms with Crippen LogP contribution in [0.25, 0.3) is 11.0 Å². The Bertz CT molecular complexity index is 1060. The van der Waals surface area contributed by atoms with Crippen LogP contribution in [0.2, 0.25) is 0 Å². The van der Waals surface area contributed by atoms with Gasteiger partial charge in [-0.3, -0.25) is 4.79 Å². The molecule has 3 rings (SSSR count). The van der Waals surface area contributed by atoms with E-state index in [4.69, 9.17) is 9.15 Å². The van der Waals surface area contributed by atoms with Crippen LogP contribution in [0.4, 0.5) is 13.2 Å². The SMILES string of the molecule is COc1ccc2c(CC(=O)NCC#Cc3cccc(C(F)(F)F)c3)coc2c1. The summed E-state index contributed by atoms with van der Waals surface area (Å²) in [6, 6.07) is 10.1. The molecule has 4 nitrogen and oxygen atoms in total. The molecule has 7 heteroatoms. The summed E-state index contributed by atoms with van der Waals surface area (Å²) < 4.78 is 48.6. The zero-order valence-corrected chi connectivity index (χ0v) is 14.9. The van der Waals surface area contributed by atoms with Crippen molar-refractivity contribution in [2.75, 3.05) is 13.7 Å². The smallest absolute Gasteiger partial charge is 0.416 e. The Balaban J connectivity index is 1.58. The normalized spacial score (nSPS) is 11.0. The number of benzene rings is 2. The van der Waals surface area contributed by atoms with E-state index in [2.05, 4.69) is 17.2 Å². The summed E-state index contributed by atoms with van der Waals surface area (Å²) in [6.45, 7) is 0.0265. The van der Waals surface area contributed by atoms with Gasteiger partial charge >= 0.3 is 6.18 Å². The van der Waals surface area contributed by atoms with Crippen molar-refractivity contribution >= 4 is 16.9 Å². The number of methoxy groups -OCH3 is 1. The maximum atomic E-state index is 12.7. The molecular formula is C21H16F3NO3. The highest BCUT2D eigenvalue weighted by atomic mass is 19.4. The second-order valence-corrected chi connectivity index (χ2v) is 5.96. The van der Waals surface area contributed by atoms with E-state index in [1.807, 2.05) is 6.07 Å². The third-order valence-electron chi connectivity index (χ3n) is 4.01. The van der Waals surface area contributed by atoms with Crippen molar-refractivity contribution in [2.45, 2.75) is 12.6 Å². The van der Waals surface area contributed by atoms with Gasteiger partial charge in [-0.1, -0.05) is 17.9 Å². The number of alkyl halides is 3. The van der Waals surface area contributed by atoms with Crippen molar-refractivity contribution < 1.29 is 27.1 Å². The Morgan fingerprint density at radius 3 is 2.79 bits per heavy atom. The molecule has 2 aromatic carbocycles. The van der Waals surface area contributed by atoms with Crippen molar-refractivity contribution in [3.63, 3.8) is 0 Å². The summed E-state index contributed by atoms with van der Waals surface area (Å²) in [5, 5.41) is 3.43. The van der Waals surface area contributed by atoms with E-state index in [0.717, 1.165) is 23.1 Å². The molecule has 0 unspecified atom stereocenters. The van der Waals surface area contributed by atoms with Gasteiger partial charge in [0.2, 0.25) is 5.91 Å². The minimum Gasteiger partial charge on any atom is -0.497 e. The van der Waals surface area contributed by atoms with Crippen LogP contribution in [0.15, 0.2) is 53.1 Å². The van der Waals surface area contributed by atoms with E-state index < -0.39 is 11.7 Å². The number of hydrogen-bond donors (Lipinski definition) is 1. The average molecular weight is 387 g/mol. The molecule has 1 heterocycles. The fourth-order valence-corrected chi connectivity index (χ4v) is 2.63. The number of ether oxygens (including phenoxy) is 1. The lowest BCUT2D eigenvalue weighted by atomic mass is 10.1. The van der Waals surface area contributed by atoms with Crippen LogP contribution < -0.4 is 10.1 Å². The first-order valence-corrected chi connectivity index (χ1v) is 8.34. The summed E-state index contributed by atoms with van der Waals surface area (Å²) in [5.74, 6) is 5.66. The molecule has 0 saturated carbocycles. The van der Waals surface area contributed by atoms with Crippen LogP contribution in [0.5, 0.6) is 5.75 Å². The molecule has 1 aromatic heterocycles. The van der Waals surface area contributed by atoms with Gasteiger partial charge in [-0.05, 0) is 30.3 Å². The fraction of sp³-hybridized carbons (Fsp3) is 0.190. The number of hydrogen-bond acceptors (Lipinski definition) is 3. The minimum atomic E-state index is -4.41. The van der Waals surface area contributed by atoms with Crippen LogP contribution in [-0.4, -0.2) is 19.6 Å². The second-order valence-electron chi connectivity index (χ2n) is 5.96. The first kappa shape index (κ1) is 19.4. The van der Waals surface area contributed by atoms with Crippen LogP contribution in [0.1, 0.15) is 16.7 Å². The van der Waals surface area contributed by atoms with Gasteiger partial charge in [0, 0.05) is 22.6 Å². The third-order valence-corrected chi connectivity index (χ3v) is 4.01. The van der Waals surface area contributed by atoms with E-state index in [-0.39, 0.29) is 24.4 Å². The van der Waals surface area contributed by atoms with Gasteiger partial charge in [0.15, 0.2) is 0 Å². The fourth-order valence-electron chi connectivity index (χ4n) is 2.63. The lowest BCUT2D eigenvalue weighted by molar-refractivity contribution is -0.137. The lowest BCUT2D eigenvalue weighted by Crippen LogP contribution is -2.25. The van der Waals surface area contributed by atoms with Crippen molar-refractivity contribution in [3.05, 3.63) is 65.4 Å². The third kappa shape index (κ3) is 4.65. The van der Waals surface area contributed by atoms with Crippen molar-refractivity contribution in [1.82, 2.24) is 5.32 Å². The molecule has 0 radical (unpaired) electrons. The van der Waals surface area contributed by atoms with Gasteiger partial charge in [-0.25, -0.2) is 0 Å². The molecule has 0 bridgehead atoms. The predicted octanol–water partition coefficient (Wildman–Crippen LogP) is 4.17. The van der Waals surface area contributed by atoms with E-state index in [1.165, 1.54) is 18.4 Å². The molecule has 1 amide bonds. The highest BCUT2D eigenvalue weighted by Crippen LogP contribution is 2.29. The Kier molecular flexibility index (Phi) is 5.59. The van der Waals surface area contributed by atoms with Crippen LogP contribution in [0, 0.1) is 11.8 Å². The number of carbonyl (C=O) groups is 1. The summed E-state index contributed by atoms with van der Waals surface area (Å²) in [5.41, 5.74) is 0.818. The Morgan fingerprint density at radius 1 is 1.21 bits per heavy atom. The van der Waals surface area contributed by atoms with Gasteiger partial charge < -0.3 is 14.5 Å². The number of carbonyl (C=O) groups excluding carboxylic acids is 1. The highest BCUT2D eigenvalue weighted by molar-refractivity contribution is 5.88. The Labute approximate surface area is 159 Å². The van der Waals surface area contributed by atoms with Gasteiger partial charge in [0.25, 0.3) is 0 Å². The van der Waals surface area contributed by atoms with Gasteiger partial charge in [-0.15, -0.1) is 0 Å². The summed E-state index contributed by atoms with van der Waals surface area (Å²) in [4.78, 5) is 12.1. The Hall–Kier alpha value is -3.40. The van der Waals surface area contributed by atoms with Crippen LogP contribution >= 0.6 is 0 Å². The van der Waals surface area contributed by atoms with E-state index in [0.29, 0.717) is 11.3 Å². The average Bonchev–Trinajstić information content (AvgIpc) is 3.06. The Morgan fingerprint density at radius 2 is 2.04 bits per heavy atom. The van der Waals surface area contributed by atoms with Gasteiger partial charge in [0.05, 0.1) is 31.9 Å². The number of halogens is 3. The number of nitrogens with one attached hydrogen (secondary N) is 1. The van der Waals surface area contributed by atoms with Crippen LogP contribution in [0.3, 0.4) is 0 Å². The standard InChI is InChI=1S/C21H16F3NO3/c1-27-17-7-8-18-15(13-28-19(18)12-17)11-20(26)25-9-3-5-14-4-2-6-16(10-14)21(22,23)24/h2,4,6-8,10,12-13H,9,11H2,1H3,(H,25,26). The molecule has 0 fully saturated rings.